The van der Waals surface area contributed by atoms with Crippen molar-refractivity contribution < 1.29 is 5.11 Å². The standard InChI is InChI=1S/C19H19N5OS/c1-8-9(2)11(4)15(12(5)10(8)3)23-24-16-14-17-13(21-7-26-17)6-20-18(14)22-19(16)25/h6-7,25H,1-5H3,(H,20,22). The van der Waals surface area contributed by atoms with Gasteiger partial charge in [-0.1, -0.05) is 0 Å². The van der Waals surface area contributed by atoms with Crippen molar-refractivity contribution in [2.24, 2.45) is 10.2 Å². The minimum atomic E-state index is -0.0342. The van der Waals surface area contributed by atoms with Gasteiger partial charge in [0, 0.05) is 0 Å². The second-order valence-corrected chi connectivity index (χ2v) is 7.40. The molecule has 0 bridgehead atoms. The molecule has 0 amide bonds. The molecule has 0 fully saturated rings. The van der Waals surface area contributed by atoms with Gasteiger partial charge in [-0.25, -0.2) is 9.97 Å². The number of azo groups is 1. The lowest BCUT2D eigenvalue weighted by molar-refractivity contribution is 0.459. The van der Waals surface area contributed by atoms with E-state index in [4.69, 9.17) is 0 Å². The van der Waals surface area contributed by atoms with E-state index in [-0.39, 0.29) is 5.88 Å². The van der Waals surface area contributed by atoms with Gasteiger partial charge in [-0.15, -0.1) is 21.6 Å². The average Bonchev–Trinajstić information content (AvgIpc) is 3.22. The van der Waals surface area contributed by atoms with Gasteiger partial charge >= 0.3 is 0 Å². The van der Waals surface area contributed by atoms with E-state index in [1.165, 1.54) is 28.0 Å². The van der Waals surface area contributed by atoms with Crippen molar-refractivity contribution in [1.29, 1.82) is 0 Å². The molecule has 0 saturated carbocycles. The summed E-state index contributed by atoms with van der Waals surface area (Å²) in [5, 5.41) is 20.0. The van der Waals surface area contributed by atoms with Crippen molar-refractivity contribution in [3.63, 3.8) is 0 Å². The third kappa shape index (κ3) is 2.31. The number of hydrogen-bond donors (Lipinski definition) is 2. The Morgan fingerprint density at radius 1 is 0.885 bits per heavy atom. The fourth-order valence-corrected chi connectivity index (χ4v) is 4.07. The van der Waals surface area contributed by atoms with Gasteiger partial charge in [0.1, 0.15) is 11.2 Å². The largest absolute Gasteiger partial charge is 0.493 e. The Morgan fingerprint density at radius 2 is 1.50 bits per heavy atom. The van der Waals surface area contributed by atoms with E-state index in [2.05, 4.69) is 59.8 Å². The van der Waals surface area contributed by atoms with Crippen molar-refractivity contribution >= 4 is 44.0 Å². The van der Waals surface area contributed by atoms with E-state index < -0.39 is 0 Å². The van der Waals surface area contributed by atoms with Gasteiger partial charge in [0.2, 0.25) is 5.88 Å². The maximum atomic E-state index is 10.3. The lowest BCUT2D eigenvalue weighted by Crippen LogP contribution is -1.95. The highest BCUT2D eigenvalue weighted by molar-refractivity contribution is 7.17. The van der Waals surface area contributed by atoms with Crippen LogP contribution in [0.3, 0.4) is 0 Å². The number of nitrogens with one attached hydrogen (secondary N) is 1. The summed E-state index contributed by atoms with van der Waals surface area (Å²) in [6.45, 7) is 10.4. The van der Waals surface area contributed by atoms with Crippen LogP contribution in [0.1, 0.15) is 27.8 Å². The monoisotopic (exact) mass is 365 g/mol. The Balaban J connectivity index is 1.94. The van der Waals surface area contributed by atoms with Crippen LogP contribution in [0.2, 0.25) is 0 Å². The zero-order chi connectivity index (χ0) is 18.6. The van der Waals surface area contributed by atoms with Crippen molar-refractivity contribution in [3.8, 4) is 5.88 Å². The fraction of sp³-hybridized carbons (Fsp3) is 0.263. The number of hydrogen-bond acceptors (Lipinski definition) is 6. The van der Waals surface area contributed by atoms with Crippen molar-refractivity contribution in [1.82, 2.24) is 15.0 Å². The van der Waals surface area contributed by atoms with Gasteiger partial charge in [0.15, 0.2) is 5.69 Å². The van der Waals surface area contributed by atoms with E-state index in [9.17, 15) is 5.11 Å². The summed E-state index contributed by atoms with van der Waals surface area (Å²) >= 11 is 1.50. The molecule has 4 rings (SSSR count). The van der Waals surface area contributed by atoms with Crippen LogP contribution in [-0.4, -0.2) is 20.1 Å². The quantitative estimate of drug-likeness (QED) is 0.438. The summed E-state index contributed by atoms with van der Waals surface area (Å²) in [7, 11) is 0. The van der Waals surface area contributed by atoms with E-state index in [1.54, 1.807) is 11.7 Å². The van der Waals surface area contributed by atoms with Gasteiger partial charge in [-0.05, 0) is 62.4 Å². The zero-order valence-corrected chi connectivity index (χ0v) is 16.1. The number of aromatic nitrogens is 3. The topological polar surface area (TPSA) is 86.5 Å². The maximum Gasteiger partial charge on any atom is 0.219 e. The number of thiazole rings is 1. The highest BCUT2D eigenvalue weighted by Crippen LogP contribution is 2.41. The number of pyridine rings is 1. The highest BCUT2D eigenvalue weighted by Gasteiger charge is 2.17. The predicted molar refractivity (Wildman–Crippen MR) is 105 cm³/mol. The molecule has 0 saturated heterocycles. The Labute approximate surface area is 154 Å². The third-order valence-corrected chi connectivity index (χ3v) is 6.14. The molecule has 132 valence electrons. The Kier molecular flexibility index (Phi) is 3.77. The minimum absolute atomic E-state index is 0.0342. The summed E-state index contributed by atoms with van der Waals surface area (Å²) in [5.74, 6) is -0.0342. The smallest absolute Gasteiger partial charge is 0.219 e. The first kappa shape index (κ1) is 16.7. The number of H-pyrrole nitrogens is 1. The second kappa shape index (κ2) is 5.88. The van der Waals surface area contributed by atoms with E-state index in [0.29, 0.717) is 11.3 Å². The molecule has 0 aliphatic rings. The number of rotatable bonds is 2. The Hall–Kier alpha value is -2.80. The average molecular weight is 365 g/mol. The molecule has 0 radical (unpaired) electrons. The molecular weight excluding hydrogens is 346 g/mol. The minimum Gasteiger partial charge on any atom is -0.493 e. The third-order valence-electron chi connectivity index (χ3n) is 5.28. The molecule has 1 aromatic carbocycles. The van der Waals surface area contributed by atoms with Crippen molar-refractivity contribution in [3.05, 3.63) is 39.5 Å². The van der Waals surface area contributed by atoms with Crippen LogP contribution in [-0.2, 0) is 0 Å². The first-order valence-corrected chi connectivity index (χ1v) is 9.19. The van der Waals surface area contributed by atoms with Gasteiger partial charge in [-0.3, -0.25) is 0 Å². The lowest BCUT2D eigenvalue weighted by Gasteiger charge is -2.14. The van der Waals surface area contributed by atoms with Crippen LogP contribution in [0.25, 0.3) is 21.3 Å². The molecule has 2 N–H and O–H groups in total. The number of benzene rings is 1. The summed E-state index contributed by atoms with van der Waals surface area (Å²) in [6.07, 6.45) is 1.69. The normalized spacial score (nSPS) is 12.0. The molecule has 4 aromatic rings. The Morgan fingerprint density at radius 3 is 2.19 bits per heavy atom. The van der Waals surface area contributed by atoms with Crippen LogP contribution in [0.5, 0.6) is 5.88 Å². The fourth-order valence-electron chi connectivity index (χ4n) is 3.26. The van der Waals surface area contributed by atoms with Crippen LogP contribution in [0.4, 0.5) is 11.4 Å². The van der Waals surface area contributed by atoms with Crippen molar-refractivity contribution in [2.75, 3.05) is 0 Å². The molecule has 0 spiro atoms. The molecule has 26 heavy (non-hydrogen) atoms. The SMILES string of the molecule is Cc1c(C)c(C)c(N=Nc2c(O)[nH]c3ncc4ncsc4c23)c(C)c1C. The molecule has 7 heteroatoms. The van der Waals surface area contributed by atoms with E-state index >= 15 is 0 Å². The van der Waals surface area contributed by atoms with Gasteiger partial charge < -0.3 is 10.1 Å². The summed E-state index contributed by atoms with van der Waals surface area (Å²) < 4.78 is 0.935. The number of nitrogens with zero attached hydrogens (tertiary/aromatic N) is 4. The highest BCUT2D eigenvalue weighted by atomic mass is 32.1. The first-order valence-electron chi connectivity index (χ1n) is 8.31. The van der Waals surface area contributed by atoms with Crippen LogP contribution in [0.15, 0.2) is 21.9 Å². The van der Waals surface area contributed by atoms with E-state index in [0.717, 1.165) is 32.4 Å². The summed E-state index contributed by atoms with van der Waals surface area (Å²) in [4.78, 5) is 11.5. The van der Waals surface area contributed by atoms with Gasteiger partial charge in [-0.2, -0.15) is 0 Å². The predicted octanol–water partition coefficient (Wildman–Crippen LogP) is 5.84. The van der Waals surface area contributed by atoms with E-state index in [1.807, 2.05) is 0 Å². The lowest BCUT2D eigenvalue weighted by atomic mass is 9.93. The molecule has 3 heterocycles. The molecule has 0 aliphatic carbocycles. The number of aromatic hydroxyl groups is 1. The molecule has 3 aromatic heterocycles. The molecule has 0 aliphatic heterocycles. The first-order chi connectivity index (χ1) is 12.4. The molecule has 6 nitrogen and oxygen atoms in total. The van der Waals surface area contributed by atoms with Crippen LogP contribution >= 0.6 is 11.3 Å². The zero-order valence-electron chi connectivity index (χ0n) is 15.3. The second-order valence-electron chi connectivity index (χ2n) is 6.54. The number of aromatic amines is 1. The number of fused-ring (bicyclic) bond motifs is 3. The van der Waals surface area contributed by atoms with Gasteiger partial charge in [0.05, 0.1) is 27.5 Å². The van der Waals surface area contributed by atoms with Crippen molar-refractivity contribution in [2.45, 2.75) is 34.6 Å². The molecular formula is C19H19N5OS. The Bertz CT molecular complexity index is 1170. The van der Waals surface area contributed by atoms with Gasteiger partial charge in [0.25, 0.3) is 0 Å². The molecule has 0 atom stereocenters. The molecule has 0 unspecified atom stereocenters. The summed E-state index contributed by atoms with van der Waals surface area (Å²) in [6, 6.07) is 0. The van der Waals surface area contributed by atoms with Crippen LogP contribution < -0.4 is 0 Å². The summed E-state index contributed by atoms with van der Waals surface area (Å²) in [5.41, 5.74) is 10.3. The van der Waals surface area contributed by atoms with Crippen LogP contribution in [0, 0.1) is 34.6 Å². The maximum absolute atomic E-state index is 10.3.